The predicted octanol–water partition coefficient (Wildman–Crippen LogP) is 3.67. The molecule has 2 fully saturated rings. The molecule has 3 aliphatic rings. The molecule has 1 N–H and O–H groups in total. The van der Waals surface area contributed by atoms with E-state index in [2.05, 4.69) is 17.4 Å². The van der Waals surface area contributed by atoms with Gasteiger partial charge in [-0.25, -0.2) is 4.79 Å². The van der Waals surface area contributed by atoms with Crippen molar-refractivity contribution in [1.29, 1.82) is 0 Å². The van der Waals surface area contributed by atoms with Gasteiger partial charge in [-0.2, -0.15) is 0 Å². The van der Waals surface area contributed by atoms with Crippen molar-refractivity contribution in [2.75, 3.05) is 19.3 Å². The molecule has 2 heterocycles. The van der Waals surface area contributed by atoms with Crippen LogP contribution in [-0.4, -0.2) is 58.6 Å². The molecule has 178 valence electrons. The highest BCUT2D eigenvalue weighted by Crippen LogP contribution is 2.36. The van der Waals surface area contributed by atoms with E-state index < -0.39 is 5.54 Å². The SMILES string of the molecule is CSc1ccc(CC(=O)N2CCC(C3(C)NC(=O)N(C4Cc5ccccc5C4)C3=O)CC2)cc1. The molecule has 4 amide bonds. The molecule has 0 radical (unpaired) electrons. The number of carbonyl (C=O) groups excluding carboxylic acids is 3. The number of piperidine rings is 1. The van der Waals surface area contributed by atoms with Crippen LogP contribution in [0.25, 0.3) is 0 Å². The van der Waals surface area contributed by atoms with Gasteiger partial charge in [-0.05, 0) is 73.6 Å². The Labute approximate surface area is 205 Å². The minimum absolute atomic E-state index is 0.0163. The van der Waals surface area contributed by atoms with E-state index in [9.17, 15) is 14.4 Å². The Morgan fingerprint density at radius 2 is 1.65 bits per heavy atom. The molecule has 2 aromatic carbocycles. The van der Waals surface area contributed by atoms with Crippen LogP contribution in [0.4, 0.5) is 4.79 Å². The van der Waals surface area contributed by atoms with Gasteiger partial charge in [0, 0.05) is 24.0 Å². The van der Waals surface area contributed by atoms with E-state index in [1.807, 2.05) is 54.5 Å². The zero-order chi connectivity index (χ0) is 23.9. The minimum atomic E-state index is -0.908. The average Bonchev–Trinajstić information content (AvgIpc) is 3.37. The fraction of sp³-hybridized carbons (Fsp3) is 0.444. The second-order valence-electron chi connectivity index (χ2n) is 9.82. The van der Waals surface area contributed by atoms with Gasteiger partial charge in [0.05, 0.1) is 6.42 Å². The zero-order valence-electron chi connectivity index (χ0n) is 19.8. The summed E-state index contributed by atoms with van der Waals surface area (Å²) in [5, 5.41) is 3.03. The Hall–Kier alpha value is -2.80. The number of thioether (sulfide) groups is 1. The zero-order valence-corrected chi connectivity index (χ0v) is 20.6. The van der Waals surface area contributed by atoms with Crippen LogP contribution in [0.15, 0.2) is 53.4 Å². The Morgan fingerprint density at radius 3 is 2.24 bits per heavy atom. The summed E-state index contributed by atoms with van der Waals surface area (Å²) in [5.41, 5.74) is 2.55. The minimum Gasteiger partial charge on any atom is -0.342 e. The molecule has 5 rings (SSSR count). The van der Waals surface area contributed by atoms with E-state index in [0.717, 1.165) is 18.4 Å². The van der Waals surface area contributed by atoms with Crippen molar-refractivity contribution in [1.82, 2.24) is 15.1 Å². The molecule has 2 aliphatic heterocycles. The van der Waals surface area contributed by atoms with Crippen molar-refractivity contribution in [2.24, 2.45) is 5.92 Å². The smallest absolute Gasteiger partial charge is 0.325 e. The van der Waals surface area contributed by atoms with Crippen LogP contribution in [0.3, 0.4) is 0 Å². The Morgan fingerprint density at radius 1 is 1.03 bits per heavy atom. The average molecular weight is 478 g/mol. The normalized spacial score (nSPS) is 23.4. The molecule has 7 heteroatoms. The fourth-order valence-electron chi connectivity index (χ4n) is 5.74. The van der Waals surface area contributed by atoms with Crippen LogP contribution < -0.4 is 5.32 Å². The van der Waals surface area contributed by atoms with Gasteiger partial charge in [-0.1, -0.05) is 36.4 Å². The molecule has 0 spiro atoms. The van der Waals surface area contributed by atoms with Gasteiger partial charge >= 0.3 is 6.03 Å². The van der Waals surface area contributed by atoms with Gasteiger partial charge in [0.25, 0.3) is 5.91 Å². The highest BCUT2D eigenvalue weighted by Gasteiger charge is 2.55. The Kier molecular flexibility index (Phi) is 6.15. The highest BCUT2D eigenvalue weighted by molar-refractivity contribution is 7.98. The summed E-state index contributed by atoms with van der Waals surface area (Å²) in [6, 6.07) is 15.9. The predicted molar refractivity (Wildman–Crippen MR) is 133 cm³/mol. The topological polar surface area (TPSA) is 69.7 Å². The van der Waals surface area contributed by atoms with Gasteiger partial charge in [0.15, 0.2) is 0 Å². The van der Waals surface area contributed by atoms with Crippen LogP contribution in [-0.2, 0) is 28.9 Å². The van der Waals surface area contributed by atoms with Crippen LogP contribution >= 0.6 is 11.8 Å². The number of amides is 4. The van der Waals surface area contributed by atoms with E-state index in [4.69, 9.17) is 0 Å². The highest BCUT2D eigenvalue weighted by atomic mass is 32.2. The molecule has 0 aromatic heterocycles. The summed E-state index contributed by atoms with van der Waals surface area (Å²) >= 11 is 1.69. The van der Waals surface area contributed by atoms with Gasteiger partial charge in [-0.15, -0.1) is 11.8 Å². The first kappa shape index (κ1) is 23.0. The van der Waals surface area contributed by atoms with Gasteiger partial charge in [-0.3, -0.25) is 14.5 Å². The largest absolute Gasteiger partial charge is 0.342 e. The molecule has 6 nitrogen and oxygen atoms in total. The molecular formula is C27H31N3O3S. The first-order valence-electron chi connectivity index (χ1n) is 12.0. The Balaban J connectivity index is 1.20. The molecule has 2 saturated heterocycles. The summed E-state index contributed by atoms with van der Waals surface area (Å²) < 4.78 is 0. The number of benzene rings is 2. The van der Waals surface area contributed by atoms with Gasteiger partial charge < -0.3 is 10.2 Å². The lowest BCUT2D eigenvalue weighted by Gasteiger charge is -2.39. The van der Waals surface area contributed by atoms with Crippen LogP contribution in [0.5, 0.6) is 0 Å². The van der Waals surface area contributed by atoms with E-state index in [1.54, 1.807) is 11.8 Å². The van der Waals surface area contributed by atoms with Gasteiger partial charge in [0.1, 0.15) is 5.54 Å². The molecule has 0 bridgehead atoms. The lowest BCUT2D eigenvalue weighted by molar-refractivity contribution is -0.136. The van der Waals surface area contributed by atoms with Crippen LogP contribution in [0.1, 0.15) is 36.5 Å². The number of urea groups is 1. The molecule has 1 atom stereocenters. The van der Waals surface area contributed by atoms with E-state index >= 15 is 0 Å². The van der Waals surface area contributed by atoms with Crippen molar-refractivity contribution in [2.45, 2.75) is 55.5 Å². The van der Waals surface area contributed by atoms with Crippen molar-refractivity contribution in [3.63, 3.8) is 0 Å². The number of hydrogen-bond donors (Lipinski definition) is 1. The first-order valence-corrected chi connectivity index (χ1v) is 13.2. The summed E-state index contributed by atoms with van der Waals surface area (Å²) in [7, 11) is 0. The number of fused-ring (bicyclic) bond motifs is 1. The van der Waals surface area contributed by atoms with Crippen molar-refractivity contribution in [3.8, 4) is 0 Å². The number of imide groups is 1. The second kappa shape index (κ2) is 9.10. The lowest BCUT2D eigenvalue weighted by atomic mass is 9.78. The number of rotatable bonds is 5. The van der Waals surface area contributed by atoms with Crippen molar-refractivity contribution >= 4 is 29.6 Å². The standard InChI is InChI=1S/C27H31N3O3S/c1-27(25(32)30(26(33)28-27)22-16-19-5-3-4-6-20(19)17-22)21-11-13-29(14-12-21)24(31)15-18-7-9-23(34-2)10-8-18/h3-10,21-22H,11-17H2,1-2H3,(H,28,33). The fourth-order valence-corrected chi connectivity index (χ4v) is 6.15. The third-order valence-corrected chi connectivity index (χ3v) is 8.57. The maximum Gasteiger partial charge on any atom is 0.325 e. The monoisotopic (exact) mass is 477 g/mol. The molecule has 1 aliphatic carbocycles. The third-order valence-electron chi connectivity index (χ3n) is 7.82. The lowest BCUT2D eigenvalue weighted by Crippen LogP contribution is -2.55. The second-order valence-corrected chi connectivity index (χ2v) is 10.7. The maximum absolute atomic E-state index is 13.5. The molecule has 2 aromatic rings. The van der Waals surface area contributed by atoms with E-state index in [-0.39, 0.29) is 29.8 Å². The Bertz CT molecular complexity index is 1090. The summed E-state index contributed by atoms with van der Waals surface area (Å²) in [6.45, 7) is 3.09. The molecular weight excluding hydrogens is 446 g/mol. The quantitative estimate of drug-likeness (QED) is 0.527. The number of nitrogens with zero attached hydrogens (tertiary/aromatic N) is 2. The molecule has 1 unspecified atom stereocenters. The van der Waals surface area contributed by atoms with E-state index in [1.165, 1.54) is 20.9 Å². The van der Waals surface area contributed by atoms with Crippen molar-refractivity contribution in [3.05, 3.63) is 65.2 Å². The number of carbonyl (C=O) groups is 3. The van der Waals surface area contributed by atoms with E-state index in [0.29, 0.717) is 32.4 Å². The maximum atomic E-state index is 13.5. The van der Waals surface area contributed by atoms with Crippen molar-refractivity contribution < 1.29 is 14.4 Å². The van der Waals surface area contributed by atoms with Crippen LogP contribution in [0, 0.1) is 5.92 Å². The van der Waals surface area contributed by atoms with Crippen LogP contribution in [0.2, 0.25) is 0 Å². The number of hydrogen-bond acceptors (Lipinski definition) is 4. The van der Waals surface area contributed by atoms with Gasteiger partial charge in [0.2, 0.25) is 5.91 Å². The first-order chi connectivity index (χ1) is 16.4. The third kappa shape index (κ3) is 4.11. The summed E-state index contributed by atoms with van der Waals surface area (Å²) in [6.07, 6.45) is 5.28. The molecule has 34 heavy (non-hydrogen) atoms. The summed E-state index contributed by atoms with van der Waals surface area (Å²) in [4.78, 5) is 43.9. The number of likely N-dealkylation sites (tertiary alicyclic amines) is 1. The molecule has 0 saturated carbocycles. The number of nitrogens with one attached hydrogen (secondary N) is 1. The summed E-state index contributed by atoms with van der Waals surface area (Å²) in [5.74, 6) is 0.0178.